The molecular weight excluding hydrogens is 238 g/mol. The molecule has 4 nitrogen and oxygen atoms in total. The SMILES string of the molecule is NCC1CCN(c2ccc(N3CCOCC3)cc2)C1. The zero-order chi connectivity index (χ0) is 13.1. The summed E-state index contributed by atoms with van der Waals surface area (Å²) in [5, 5.41) is 0. The van der Waals surface area contributed by atoms with Crippen LogP contribution in [0.2, 0.25) is 0 Å². The van der Waals surface area contributed by atoms with Gasteiger partial charge in [0.2, 0.25) is 0 Å². The predicted octanol–water partition coefficient (Wildman–Crippen LogP) is 1.31. The standard InChI is InChI=1S/C15H23N3O/c16-11-13-5-6-18(12-13)15-3-1-14(2-4-15)17-7-9-19-10-8-17/h1-4,13H,5-12,16H2. The molecule has 1 atom stereocenters. The summed E-state index contributed by atoms with van der Waals surface area (Å²) in [5.41, 5.74) is 8.38. The maximum atomic E-state index is 5.75. The van der Waals surface area contributed by atoms with Gasteiger partial charge in [-0.05, 0) is 43.1 Å². The normalized spacial score (nSPS) is 23.9. The highest BCUT2D eigenvalue weighted by molar-refractivity contribution is 5.57. The molecule has 2 saturated heterocycles. The highest BCUT2D eigenvalue weighted by atomic mass is 16.5. The number of benzene rings is 1. The lowest BCUT2D eigenvalue weighted by atomic mass is 10.1. The first-order valence-corrected chi connectivity index (χ1v) is 7.24. The van der Waals surface area contributed by atoms with Crippen LogP contribution in [0.4, 0.5) is 11.4 Å². The lowest BCUT2D eigenvalue weighted by Gasteiger charge is -2.29. The van der Waals surface area contributed by atoms with Crippen molar-refractivity contribution in [3.05, 3.63) is 24.3 Å². The molecule has 1 aromatic rings. The smallest absolute Gasteiger partial charge is 0.0642 e. The molecule has 1 unspecified atom stereocenters. The van der Waals surface area contributed by atoms with Crippen molar-refractivity contribution in [3.8, 4) is 0 Å². The molecule has 2 aliphatic rings. The van der Waals surface area contributed by atoms with Crippen molar-refractivity contribution in [2.45, 2.75) is 6.42 Å². The van der Waals surface area contributed by atoms with Gasteiger partial charge in [0.25, 0.3) is 0 Å². The Hall–Kier alpha value is -1.26. The van der Waals surface area contributed by atoms with Gasteiger partial charge in [-0.1, -0.05) is 0 Å². The van der Waals surface area contributed by atoms with Gasteiger partial charge in [-0.2, -0.15) is 0 Å². The van der Waals surface area contributed by atoms with Gasteiger partial charge in [0, 0.05) is 37.6 Å². The third-order valence-corrected chi connectivity index (χ3v) is 4.21. The Morgan fingerprint density at radius 1 is 1.00 bits per heavy atom. The van der Waals surface area contributed by atoms with E-state index in [4.69, 9.17) is 10.5 Å². The van der Waals surface area contributed by atoms with Crippen LogP contribution in [0.1, 0.15) is 6.42 Å². The molecule has 2 N–H and O–H groups in total. The van der Waals surface area contributed by atoms with Gasteiger partial charge in [0.1, 0.15) is 0 Å². The molecule has 0 saturated carbocycles. The molecule has 3 rings (SSSR count). The molecule has 0 amide bonds. The van der Waals surface area contributed by atoms with E-state index in [1.807, 2.05) is 0 Å². The van der Waals surface area contributed by atoms with Gasteiger partial charge in [-0.25, -0.2) is 0 Å². The van der Waals surface area contributed by atoms with E-state index >= 15 is 0 Å². The van der Waals surface area contributed by atoms with Crippen LogP contribution in [-0.4, -0.2) is 45.9 Å². The number of ether oxygens (including phenoxy) is 1. The lowest BCUT2D eigenvalue weighted by molar-refractivity contribution is 0.122. The quantitative estimate of drug-likeness (QED) is 0.891. The van der Waals surface area contributed by atoms with Gasteiger partial charge in [0.05, 0.1) is 13.2 Å². The molecule has 19 heavy (non-hydrogen) atoms. The first-order chi connectivity index (χ1) is 9.36. The van der Waals surface area contributed by atoms with E-state index in [0.29, 0.717) is 5.92 Å². The van der Waals surface area contributed by atoms with E-state index in [-0.39, 0.29) is 0 Å². The van der Waals surface area contributed by atoms with Crippen LogP contribution < -0.4 is 15.5 Å². The summed E-state index contributed by atoms with van der Waals surface area (Å²) < 4.78 is 5.39. The van der Waals surface area contributed by atoms with Gasteiger partial charge in [-0.15, -0.1) is 0 Å². The predicted molar refractivity (Wildman–Crippen MR) is 78.8 cm³/mol. The number of hydrogen-bond donors (Lipinski definition) is 1. The molecule has 4 heteroatoms. The highest BCUT2D eigenvalue weighted by Crippen LogP contribution is 2.26. The number of rotatable bonds is 3. The van der Waals surface area contributed by atoms with Crippen LogP contribution in [0, 0.1) is 5.92 Å². The minimum absolute atomic E-state index is 0.666. The lowest BCUT2D eigenvalue weighted by Crippen LogP contribution is -2.36. The molecule has 2 fully saturated rings. The van der Waals surface area contributed by atoms with Crippen molar-refractivity contribution in [2.24, 2.45) is 11.7 Å². The molecular formula is C15H23N3O. The van der Waals surface area contributed by atoms with Crippen molar-refractivity contribution >= 4 is 11.4 Å². The minimum Gasteiger partial charge on any atom is -0.378 e. The Morgan fingerprint density at radius 3 is 2.21 bits per heavy atom. The summed E-state index contributed by atoms with van der Waals surface area (Å²) in [6.07, 6.45) is 1.22. The van der Waals surface area contributed by atoms with E-state index in [9.17, 15) is 0 Å². The molecule has 0 radical (unpaired) electrons. The zero-order valence-electron chi connectivity index (χ0n) is 11.4. The fraction of sp³-hybridized carbons (Fsp3) is 0.600. The summed E-state index contributed by atoms with van der Waals surface area (Å²) in [5.74, 6) is 0.666. The fourth-order valence-electron chi connectivity index (χ4n) is 2.96. The second-order valence-corrected chi connectivity index (χ2v) is 5.45. The zero-order valence-corrected chi connectivity index (χ0v) is 11.4. The summed E-state index contributed by atoms with van der Waals surface area (Å²) in [6.45, 7) is 6.73. The van der Waals surface area contributed by atoms with Gasteiger partial charge in [-0.3, -0.25) is 0 Å². The number of nitrogens with two attached hydrogens (primary N) is 1. The first kappa shape index (κ1) is 12.8. The third kappa shape index (κ3) is 2.85. The van der Waals surface area contributed by atoms with Gasteiger partial charge >= 0.3 is 0 Å². The van der Waals surface area contributed by atoms with E-state index in [0.717, 1.165) is 45.9 Å². The summed E-state index contributed by atoms with van der Waals surface area (Å²) >= 11 is 0. The Morgan fingerprint density at radius 2 is 1.63 bits per heavy atom. The maximum absolute atomic E-state index is 5.75. The van der Waals surface area contributed by atoms with Crippen molar-refractivity contribution in [2.75, 3.05) is 55.7 Å². The van der Waals surface area contributed by atoms with Crippen LogP contribution >= 0.6 is 0 Å². The average molecular weight is 261 g/mol. The second kappa shape index (κ2) is 5.80. The number of nitrogens with zero attached hydrogens (tertiary/aromatic N) is 2. The molecule has 2 aliphatic heterocycles. The molecule has 1 aromatic carbocycles. The second-order valence-electron chi connectivity index (χ2n) is 5.45. The monoisotopic (exact) mass is 261 g/mol. The molecule has 0 spiro atoms. The van der Waals surface area contributed by atoms with Crippen molar-refractivity contribution in [1.29, 1.82) is 0 Å². The molecule has 0 aliphatic carbocycles. The maximum Gasteiger partial charge on any atom is 0.0642 e. The van der Waals surface area contributed by atoms with Crippen molar-refractivity contribution in [1.82, 2.24) is 0 Å². The molecule has 2 heterocycles. The highest BCUT2D eigenvalue weighted by Gasteiger charge is 2.21. The summed E-state index contributed by atoms with van der Waals surface area (Å²) in [4.78, 5) is 4.83. The minimum atomic E-state index is 0.666. The summed E-state index contributed by atoms with van der Waals surface area (Å²) in [6, 6.07) is 8.94. The van der Waals surface area contributed by atoms with Gasteiger partial charge < -0.3 is 20.3 Å². The Balaban J connectivity index is 1.65. The fourth-order valence-corrected chi connectivity index (χ4v) is 2.96. The van der Waals surface area contributed by atoms with E-state index in [1.165, 1.54) is 17.8 Å². The van der Waals surface area contributed by atoms with Crippen LogP contribution in [-0.2, 0) is 4.74 Å². The Bertz CT molecular complexity index is 400. The number of anilines is 2. The first-order valence-electron chi connectivity index (χ1n) is 7.24. The summed E-state index contributed by atoms with van der Waals surface area (Å²) in [7, 11) is 0. The van der Waals surface area contributed by atoms with Crippen LogP contribution in [0.5, 0.6) is 0 Å². The van der Waals surface area contributed by atoms with Crippen LogP contribution in [0.15, 0.2) is 24.3 Å². The average Bonchev–Trinajstić information content (AvgIpc) is 2.97. The third-order valence-electron chi connectivity index (χ3n) is 4.21. The van der Waals surface area contributed by atoms with E-state index in [2.05, 4.69) is 34.1 Å². The molecule has 0 aromatic heterocycles. The van der Waals surface area contributed by atoms with Crippen LogP contribution in [0.3, 0.4) is 0 Å². The number of morpholine rings is 1. The van der Waals surface area contributed by atoms with Crippen LogP contribution in [0.25, 0.3) is 0 Å². The Labute approximate surface area is 115 Å². The largest absolute Gasteiger partial charge is 0.378 e. The van der Waals surface area contributed by atoms with Crippen molar-refractivity contribution in [3.63, 3.8) is 0 Å². The topological polar surface area (TPSA) is 41.7 Å². The molecule has 0 bridgehead atoms. The number of hydrogen-bond acceptors (Lipinski definition) is 4. The Kier molecular flexibility index (Phi) is 3.89. The van der Waals surface area contributed by atoms with E-state index < -0.39 is 0 Å². The molecule has 104 valence electrons. The van der Waals surface area contributed by atoms with Gasteiger partial charge in [0.15, 0.2) is 0 Å². The van der Waals surface area contributed by atoms with Crippen molar-refractivity contribution < 1.29 is 4.74 Å². The van der Waals surface area contributed by atoms with E-state index in [1.54, 1.807) is 0 Å².